The van der Waals surface area contributed by atoms with Crippen LogP contribution in [0, 0.1) is 51.2 Å². The number of carbonyl (C=O) groups is 1. The van der Waals surface area contributed by atoms with Crippen LogP contribution in [-0.4, -0.2) is 196 Å². The number of hydrogen-bond acceptors (Lipinski definition) is 19. The molecule has 7 fully saturated rings. The van der Waals surface area contributed by atoms with Crippen molar-refractivity contribution in [2.75, 3.05) is 13.2 Å². The Morgan fingerprint density at radius 1 is 0.754 bits per heavy atom. The lowest BCUT2D eigenvalue weighted by molar-refractivity contribution is -0.338. The summed E-state index contributed by atoms with van der Waals surface area (Å²) in [6.07, 6.45) is -16.1. The van der Waals surface area contributed by atoms with Gasteiger partial charge in [-0.2, -0.15) is 0 Å². The topological polar surface area (TPSA) is 315 Å². The molecule has 1 spiro atoms. The lowest BCUT2D eigenvalue weighted by Crippen LogP contribution is -2.67. The molecule has 5 aliphatic carbocycles. The Kier molecular flexibility index (Phi) is 14.7. The molecular weight excluding hydrogens is 905 g/mol. The van der Waals surface area contributed by atoms with Crippen LogP contribution in [0.25, 0.3) is 0 Å². The minimum atomic E-state index is -1.73. The second-order valence-corrected chi connectivity index (χ2v) is 24.3. The molecule has 4 unspecified atom stereocenters. The summed E-state index contributed by atoms with van der Waals surface area (Å²) in [5, 5.41) is 130. The van der Waals surface area contributed by atoms with Gasteiger partial charge in [0.15, 0.2) is 24.7 Å². The second kappa shape index (κ2) is 18.8. The fourth-order valence-corrected chi connectivity index (χ4v) is 14.8. The molecule has 0 aromatic carbocycles. The molecular formula is C50H82O19. The summed E-state index contributed by atoms with van der Waals surface area (Å²) >= 11 is 0. The highest BCUT2D eigenvalue weighted by Crippen LogP contribution is 2.74. The number of aliphatic hydroxyl groups excluding tert-OH is 11. The van der Waals surface area contributed by atoms with Gasteiger partial charge in [-0.1, -0.05) is 54.0 Å². The van der Waals surface area contributed by atoms with Gasteiger partial charge in [-0.25, -0.2) is 0 Å². The van der Waals surface area contributed by atoms with E-state index < -0.39 is 162 Å². The molecule has 19 nitrogen and oxygen atoms in total. The van der Waals surface area contributed by atoms with E-state index in [0.717, 1.165) is 18.4 Å². The van der Waals surface area contributed by atoms with E-state index in [9.17, 15) is 66.1 Å². The largest absolute Gasteiger partial charge is 0.394 e. The van der Waals surface area contributed by atoms with Crippen LogP contribution in [0.15, 0.2) is 11.6 Å². The van der Waals surface area contributed by atoms with E-state index in [1.807, 2.05) is 13.8 Å². The van der Waals surface area contributed by atoms with Crippen molar-refractivity contribution >= 4 is 5.78 Å². The maximum absolute atomic E-state index is 14.9. The summed E-state index contributed by atoms with van der Waals surface area (Å²) in [7, 11) is 0. The Bertz CT molecular complexity index is 1890. The zero-order chi connectivity index (χ0) is 50.9. The predicted octanol–water partition coefficient (Wildman–Crippen LogP) is -0.459. The molecule has 0 amide bonds. The molecule has 0 radical (unpaired) electrons. The highest BCUT2D eigenvalue weighted by atomic mass is 16.7. The van der Waals surface area contributed by atoms with Crippen molar-refractivity contribution in [3.63, 3.8) is 0 Å². The third kappa shape index (κ3) is 8.64. The third-order valence-electron chi connectivity index (χ3n) is 19.6. The van der Waals surface area contributed by atoms with Gasteiger partial charge >= 0.3 is 0 Å². The number of rotatable bonds is 13. The Labute approximate surface area is 404 Å². The molecule has 8 aliphatic rings. The first-order chi connectivity index (χ1) is 32.0. The fourth-order valence-electron chi connectivity index (χ4n) is 14.8. The lowest BCUT2D eigenvalue weighted by atomic mass is 9.38. The maximum Gasteiger partial charge on any atom is 0.187 e. The smallest absolute Gasteiger partial charge is 0.187 e. The Morgan fingerprint density at radius 3 is 2.01 bits per heavy atom. The molecule has 4 saturated carbocycles. The van der Waals surface area contributed by atoms with Crippen LogP contribution >= 0.6 is 0 Å². The fraction of sp³-hybridized carbons (Fsp3) is 0.940. The highest BCUT2D eigenvalue weighted by molar-refractivity contribution is 5.95. The average molecular weight is 987 g/mol. The second-order valence-electron chi connectivity index (χ2n) is 24.3. The molecule has 19 heteroatoms. The van der Waals surface area contributed by atoms with Gasteiger partial charge in [0.25, 0.3) is 0 Å². The van der Waals surface area contributed by atoms with Gasteiger partial charge in [-0.3, -0.25) is 4.79 Å². The third-order valence-corrected chi connectivity index (χ3v) is 19.6. The summed E-state index contributed by atoms with van der Waals surface area (Å²) in [4.78, 5) is 14.9. The number of allylic oxidation sites excluding steroid dienone is 1. The van der Waals surface area contributed by atoms with Gasteiger partial charge in [0.2, 0.25) is 0 Å². The van der Waals surface area contributed by atoms with Gasteiger partial charge in [-0.15, -0.1) is 0 Å². The van der Waals surface area contributed by atoms with Gasteiger partial charge in [0, 0.05) is 29.1 Å². The zero-order valence-electron chi connectivity index (χ0n) is 41.6. The van der Waals surface area contributed by atoms with E-state index in [4.69, 9.17) is 28.4 Å². The van der Waals surface area contributed by atoms with Crippen LogP contribution in [0.2, 0.25) is 0 Å². The summed E-state index contributed by atoms with van der Waals surface area (Å²) in [5.74, 6) is -1.35. The molecule has 3 aliphatic heterocycles. The first kappa shape index (κ1) is 54.0. The van der Waals surface area contributed by atoms with Crippen molar-refractivity contribution in [2.45, 2.75) is 229 Å². The number of hydrogen-bond donors (Lipinski definition) is 12. The number of ketones is 1. The van der Waals surface area contributed by atoms with Crippen molar-refractivity contribution in [1.82, 2.24) is 0 Å². The minimum Gasteiger partial charge on any atom is -0.394 e. The minimum absolute atomic E-state index is 0.0161. The van der Waals surface area contributed by atoms with E-state index in [1.54, 1.807) is 26.8 Å². The van der Waals surface area contributed by atoms with E-state index >= 15 is 0 Å². The molecule has 12 N–H and O–H groups in total. The summed E-state index contributed by atoms with van der Waals surface area (Å²) < 4.78 is 35.9. The predicted molar refractivity (Wildman–Crippen MR) is 241 cm³/mol. The molecule has 3 saturated heterocycles. The molecule has 0 aromatic heterocycles. The quantitative estimate of drug-likeness (QED) is 0.111. The summed E-state index contributed by atoms with van der Waals surface area (Å²) in [6, 6.07) is 0. The van der Waals surface area contributed by atoms with Crippen LogP contribution in [-0.2, 0) is 33.2 Å². The SMILES string of the molecule is C[C@@H]1[C@@H](O)[C@H](OC[C@H]2O[C@@H](O[C@H](CC[C@@H](C)C3CC[C@@]4(C)C5C(=O)C=C6C(CC[C@H](O[C@@H]7OC8(C[C@H]8O)[C@@H](O)[C@H](O)[C@H]7O)C6(C)C)[C@]5(C)[C@H](O)C[C@]34C)C(C)(C)O)[C@H](O)[C@@H](O)[C@@H]2O)O[C@H](CO)[C@H]1O. The van der Waals surface area contributed by atoms with Gasteiger partial charge in [0.1, 0.15) is 60.5 Å². The Balaban J connectivity index is 0.943. The zero-order valence-corrected chi connectivity index (χ0v) is 41.6. The van der Waals surface area contributed by atoms with Crippen molar-refractivity contribution in [3.8, 4) is 0 Å². The molecule has 69 heavy (non-hydrogen) atoms. The van der Waals surface area contributed by atoms with Crippen molar-refractivity contribution in [3.05, 3.63) is 11.6 Å². The Hall–Kier alpha value is -1.31. The van der Waals surface area contributed by atoms with E-state index in [2.05, 4.69) is 27.7 Å². The Morgan fingerprint density at radius 2 is 1.39 bits per heavy atom. The number of fused-ring (bicyclic) bond motifs is 5. The van der Waals surface area contributed by atoms with Crippen LogP contribution in [0.4, 0.5) is 0 Å². The first-order valence-corrected chi connectivity index (χ1v) is 25.3. The average Bonchev–Trinajstić information content (AvgIpc) is 3.84. The van der Waals surface area contributed by atoms with Gasteiger partial charge < -0.3 is 89.7 Å². The van der Waals surface area contributed by atoms with E-state index in [0.29, 0.717) is 32.1 Å². The monoisotopic (exact) mass is 987 g/mol. The summed E-state index contributed by atoms with van der Waals surface area (Å²) in [6.45, 7) is 16.3. The van der Waals surface area contributed by atoms with Crippen LogP contribution in [0.1, 0.15) is 114 Å². The lowest BCUT2D eigenvalue weighted by Gasteiger charge is -2.66. The van der Waals surface area contributed by atoms with Crippen molar-refractivity contribution in [1.29, 1.82) is 0 Å². The number of ether oxygens (including phenoxy) is 6. The number of carbonyl (C=O) groups excluding carboxylic acids is 1. The molecule has 0 bridgehead atoms. The summed E-state index contributed by atoms with van der Waals surface area (Å²) in [5.41, 5.74) is -4.56. The van der Waals surface area contributed by atoms with Gasteiger partial charge in [0.05, 0.1) is 49.3 Å². The van der Waals surface area contributed by atoms with Crippen LogP contribution in [0.3, 0.4) is 0 Å². The first-order valence-electron chi connectivity index (χ1n) is 25.3. The van der Waals surface area contributed by atoms with E-state index in [-0.39, 0.29) is 30.0 Å². The highest BCUT2D eigenvalue weighted by Gasteiger charge is 2.73. The van der Waals surface area contributed by atoms with E-state index in [1.165, 1.54) is 0 Å². The molecule has 0 aromatic rings. The van der Waals surface area contributed by atoms with Crippen molar-refractivity contribution in [2.24, 2.45) is 51.2 Å². The standard InChI is InChI=1S/C50H82O19/c1-21(10-12-32(46(5,6)63)68-43-38(60)36(58)35(57)28(66-43)20-64-42-34(56)22(2)33(55)27(19-51)65-42)23-14-15-47(7)40-26(52)16-25-24(49(40,9)29(53)17-48(23,47)8)11-13-31(45(25,3)4)67-44-39(61)37(59)41(62)50(69-44)18-30(50)54/h16,21-24,27-44,51,53-63H,10-15,17-20H2,1-9H3/t21-,22+,23?,24?,27-,28-,29-,30-,31+,32-,33+,34-,35-,36+,37-,38-,39-,40?,41+,42-,43+,44-,47+,48-,49-,50?/m1/s1. The molecule has 8 rings (SSSR count). The normalized spacial score (nSPS) is 52.7. The van der Waals surface area contributed by atoms with Gasteiger partial charge in [-0.05, 0) is 93.5 Å². The maximum atomic E-state index is 14.9. The van der Waals surface area contributed by atoms with Crippen LogP contribution < -0.4 is 0 Å². The molecule has 26 atom stereocenters. The molecule has 396 valence electrons. The van der Waals surface area contributed by atoms with Crippen LogP contribution in [0.5, 0.6) is 0 Å². The number of aliphatic hydroxyl groups is 12. The van der Waals surface area contributed by atoms with Crippen molar-refractivity contribution < 1.29 is 94.5 Å². The molecule has 3 heterocycles.